The smallest absolute Gasteiger partial charge is 0.217 e. The molecule has 1 amide bonds. The van der Waals surface area contributed by atoms with E-state index < -0.39 is 0 Å². The molecule has 1 aromatic rings. The molecule has 3 nitrogen and oxygen atoms in total. The maximum atomic E-state index is 10.6. The standard InChI is InChI=1S/C8H9IN2O/c1-6(12)10-4-7-2-3-8(9)11-5-7/h2-3,5H,4H2,1H3,(H,10,12). The van der Waals surface area contributed by atoms with Crippen molar-refractivity contribution in [2.75, 3.05) is 0 Å². The van der Waals surface area contributed by atoms with E-state index in [4.69, 9.17) is 0 Å². The van der Waals surface area contributed by atoms with Crippen molar-refractivity contribution in [3.8, 4) is 0 Å². The summed E-state index contributed by atoms with van der Waals surface area (Å²) >= 11 is 2.14. The highest BCUT2D eigenvalue weighted by Crippen LogP contribution is 2.01. The third kappa shape index (κ3) is 3.17. The summed E-state index contributed by atoms with van der Waals surface area (Å²) in [5.74, 6) is -0.0199. The molecule has 0 saturated heterocycles. The fourth-order valence-corrected chi connectivity index (χ4v) is 1.06. The summed E-state index contributed by atoms with van der Waals surface area (Å²) in [6, 6.07) is 3.86. The van der Waals surface area contributed by atoms with Crippen molar-refractivity contribution >= 4 is 28.5 Å². The zero-order valence-corrected chi connectivity index (χ0v) is 8.83. The van der Waals surface area contributed by atoms with Gasteiger partial charge < -0.3 is 5.32 Å². The molecule has 12 heavy (non-hydrogen) atoms. The van der Waals surface area contributed by atoms with Gasteiger partial charge in [-0.25, -0.2) is 4.98 Å². The fraction of sp³-hybridized carbons (Fsp3) is 0.250. The number of nitrogens with zero attached hydrogens (tertiary/aromatic N) is 1. The molecule has 1 rings (SSSR count). The Kier molecular flexibility index (Phi) is 3.46. The van der Waals surface area contributed by atoms with Crippen LogP contribution in [-0.4, -0.2) is 10.9 Å². The summed E-state index contributed by atoms with van der Waals surface area (Å²) in [6.07, 6.45) is 1.76. The van der Waals surface area contributed by atoms with Gasteiger partial charge in [0.2, 0.25) is 5.91 Å². The minimum atomic E-state index is -0.0199. The van der Waals surface area contributed by atoms with E-state index >= 15 is 0 Å². The van der Waals surface area contributed by atoms with Crippen LogP contribution in [0.2, 0.25) is 0 Å². The zero-order valence-electron chi connectivity index (χ0n) is 6.67. The molecule has 0 saturated carbocycles. The molecule has 0 atom stereocenters. The molecule has 1 aromatic heterocycles. The van der Waals surface area contributed by atoms with Crippen LogP contribution in [-0.2, 0) is 11.3 Å². The Morgan fingerprint density at radius 1 is 1.67 bits per heavy atom. The molecule has 1 heterocycles. The number of aromatic nitrogens is 1. The normalized spacial score (nSPS) is 9.50. The molecular formula is C8H9IN2O. The van der Waals surface area contributed by atoms with E-state index in [0.29, 0.717) is 6.54 Å². The highest BCUT2D eigenvalue weighted by Gasteiger charge is 1.94. The van der Waals surface area contributed by atoms with E-state index in [0.717, 1.165) is 9.26 Å². The van der Waals surface area contributed by atoms with Crippen LogP contribution in [0.1, 0.15) is 12.5 Å². The van der Waals surface area contributed by atoms with Gasteiger partial charge in [-0.05, 0) is 34.2 Å². The summed E-state index contributed by atoms with van der Waals surface area (Å²) in [5, 5.41) is 2.70. The van der Waals surface area contributed by atoms with Gasteiger partial charge in [0.1, 0.15) is 3.70 Å². The molecule has 0 aromatic carbocycles. The number of carbonyl (C=O) groups is 1. The van der Waals surface area contributed by atoms with Crippen LogP contribution < -0.4 is 5.32 Å². The highest BCUT2D eigenvalue weighted by atomic mass is 127. The average molecular weight is 276 g/mol. The molecular weight excluding hydrogens is 267 g/mol. The van der Waals surface area contributed by atoms with E-state index in [2.05, 4.69) is 32.9 Å². The monoisotopic (exact) mass is 276 g/mol. The van der Waals surface area contributed by atoms with Crippen LogP contribution in [0.25, 0.3) is 0 Å². The van der Waals surface area contributed by atoms with Crippen molar-refractivity contribution in [3.05, 3.63) is 27.6 Å². The summed E-state index contributed by atoms with van der Waals surface area (Å²) in [7, 11) is 0. The van der Waals surface area contributed by atoms with Crippen molar-refractivity contribution < 1.29 is 4.79 Å². The second-order valence-corrected chi connectivity index (χ2v) is 3.50. The summed E-state index contributed by atoms with van der Waals surface area (Å²) < 4.78 is 0.958. The fourth-order valence-electron chi connectivity index (χ4n) is 0.738. The number of hydrogen-bond donors (Lipinski definition) is 1. The Balaban J connectivity index is 2.53. The van der Waals surface area contributed by atoms with Gasteiger partial charge in [0.25, 0.3) is 0 Å². The second kappa shape index (κ2) is 4.39. The van der Waals surface area contributed by atoms with Crippen molar-refractivity contribution in [2.24, 2.45) is 0 Å². The molecule has 0 aliphatic carbocycles. The molecule has 4 heteroatoms. The Morgan fingerprint density at radius 3 is 2.92 bits per heavy atom. The van der Waals surface area contributed by atoms with E-state index in [9.17, 15) is 4.79 Å². The van der Waals surface area contributed by atoms with Gasteiger partial charge >= 0.3 is 0 Å². The minimum Gasteiger partial charge on any atom is -0.352 e. The van der Waals surface area contributed by atoms with Crippen LogP contribution in [0.3, 0.4) is 0 Å². The van der Waals surface area contributed by atoms with Gasteiger partial charge in [-0.3, -0.25) is 4.79 Å². The Hall–Kier alpha value is -0.650. The number of amides is 1. The lowest BCUT2D eigenvalue weighted by atomic mass is 10.3. The molecule has 0 aliphatic heterocycles. The van der Waals surface area contributed by atoms with Crippen LogP contribution in [0.4, 0.5) is 0 Å². The Morgan fingerprint density at radius 2 is 2.42 bits per heavy atom. The number of rotatable bonds is 2. The lowest BCUT2D eigenvalue weighted by Gasteiger charge is -2.00. The van der Waals surface area contributed by atoms with Gasteiger partial charge in [0.05, 0.1) is 0 Å². The van der Waals surface area contributed by atoms with Crippen molar-refractivity contribution in [1.29, 1.82) is 0 Å². The molecule has 1 N–H and O–H groups in total. The zero-order chi connectivity index (χ0) is 8.97. The van der Waals surface area contributed by atoms with Gasteiger partial charge in [-0.1, -0.05) is 6.07 Å². The van der Waals surface area contributed by atoms with Gasteiger partial charge in [-0.15, -0.1) is 0 Å². The first-order chi connectivity index (χ1) is 5.68. The van der Waals surface area contributed by atoms with E-state index in [1.807, 2.05) is 12.1 Å². The summed E-state index contributed by atoms with van der Waals surface area (Å²) in [4.78, 5) is 14.6. The number of halogens is 1. The molecule has 64 valence electrons. The number of hydrogen-bond acceptors (Lipinski definition) is 2. The lowest BCUT2D eigenvalue weighted by molar-refractivity contribution is -0.119. The summed E-state index contributed by atoms with van der Waals surface area (Å²) in [6.45, 7) is 2.05. The molecule has 0 radical (unpaired) electrons. The second-order valence-electron chi connectivity index (χ2n) is 2.40. The SMILES string of the molecule is CC(=O)NCc1ccc(I)nc1. The highest BCUT2D eigenvalue weighted by molar-refractivity contribution is 14.1. The first-order valence-corrected chi connectivity index (χ1v) is 4.61. The third-order valence-electron chi connectivity index (χ3n) is 1.33. The predicted molar refractivity (Wildman–Crippen MR) is 54.5 cm³/mol. The molecule has 0 fully saturated rings. The molecule has 0 spiro atoms. The average Bonchev–Trinajstić information content (AvgIpc) is 2.03. The first-order valence-electron chi connectivity index (χ1n) is 3.53. The number of pyridine rings is 1. The quantitative estimate of drug-likeness (QED) is 0.654. The largest absolute Gasteiger partial charge is 0.352 e. The molecule has 0 aliphatic rings. The van der Waals surface area contributed by atoms with Gasteiger partial charge in [0, 0.05) is 19.7 Å². The van der Waals surface area contributed by atoms with Crippen LogP contribution in [0.5, 0.6) is 0 Å². The number of nitrogens with one attached hydrogen (secondary N) is 1. The first kappa shape index (κ1) is 9.44. The molecule has 0 bridgehead atoms. The Labute approximate surface area is 84.7 Å². The maximum absolute atomic E-state index is 10.6. The maximum Gasteiger partial charge on any atom is 0.217 e. The minimum absolute atomic E-state index is 0.0199. The van der Waals surface area contributed by atoms with Crippen molar-refractivity contribution in [3.63, 3.8) is 0 Å². The van der Waals surface area contributed by atoms with E-state index in [1.165, 1.54) is 6.92 Å². The van der Waals surface area contributed by atoms with Gasteiger partial charge in [0.15, 0.2) is 0 Å². The third-order valence-corrected chi connectivity index (χ3v) is 1.97. The number of carbonyl (C=O) groups excluding carboxylic acids is 1. The van der Waals surface area contributed by atoms with Crippen LogP contribution in [0.15, 0.2) is 18.3 Å². The summed E-state index contributed by atoms with van der Waals surface area (Å²) in [5.41, 5.74) is 1.02. The van der Waals surface area contributed by atoms with Gasteiger partial charge in [-0.2, -0.15) is 0 Å². The van der Waals surface area contributed by atoms with Crippen molar-refractivity contribution in [2.45, 2.75) is 13.5 Å². The van der Waals surface area contributed by atoms with E-state index in [1.54, 1.807) is 6.20 Å². The van der Waals surface area contributed by atoms with E-state index in [-0.39, 0.29) is 5.91 Å². The van der Waals surface area contributed by atoms with Crippen LogP contribution in [0, 0.1) is 3.70 Å². The molecule has 0 unspecified atom stereocenters. The lowest BCUT2D eigenvalue weighted by Crippen LogP contribution is -2.18. The van der Waals surface area contributed by atoms with Crippen LogP contribution >= 0.6 is 22.6 Å². The Bertz CT molecular complexity index is 271. The predicted octanol–water partition coefficient (Wildman–Crippen LogP) is 1.32. The topological polar surface area (TPSA) is 42.0 Å². The van der Waals surface area contributed by atoms with Crippen molar-refractivity contribution in [1.82, 2.24) is 10.3 Å².